The van der Waals surface area contributed by atoms with Crippen molar-refractivity contribution >= 4 is 9.84 Å². The Labute approximate surface area is 160 Å². The molecule has 0 spiro atoms. The number of sulfone groups is 1. The lowest BCUT2D eigenvalue weighted by Crippen LogP contribution is -2.21. The molecule has 0 aliphatic carbocycles. The van der Waals surface area contributed by atoms with Gasteiger partial charge >= 0.3 is 0 Å². The van der Waals surface area contributed by atoms with Crippen LogP contribution in [-0.4, -0.2) is 28.5 Å². The number of aromatic nitrogens is 3. The number of hydrogen-bond acceptors (Lipinski definition) is 6. The summed E-state index contributed by atoms with van der Waals surface area (Å²) in [5.74, 6) is -1.10. The van der Waals surface area contributed by atoms with Crippen molar-refractivity contribution < 1.29 is 17.9 Å². The molecule has 28 heavy (non-hydrogen) atoms. The lowest BCUT2D eigenvalue weighted by Gasteiger charge is -2.08. The topological polar surface area (TPSA) is 113 Å². The van der Waals surface area contributed by atoms with Crippen molar-refractivity contribution in [2.24, 2.45) is 0 Å². The first-order chi connectivity index (χ1) is 13.3. The van der Waals surface area contributed by atoms with Crippen LogP contribution in [0.15, 0.2) is 57.2 Å². The quantitative estimate of drug-likeness (QED) is 0.612. The number of aromatic hydroxyl groups is 1. The number of aromatic amines is 1. The van der Waals surface area contributed by atoms with Crippen LogP contribution in [0.5, 0.6) is 5.88 Å². The van der Waals surface area contributed by atoms with Crippen LogP contribution in [0.25, 0.3) is 11.1 Å². The molecule has 0 saturated heterocycles. The summed E-state index contributed by atoms with van der Waals surface area (Å²) in [4.78, 5) is 21.1. The van der Waals surface area contributed by atoms with Crippen molar-refractivity contribution in [2.45, 2.75) is 36.0 Å². The van der Waals surface area contributed by atoms with Gasteiger partial charge in [0.25, 0.3) is 5.56 Å². The number of H-pyrrole nitrogens is 1. The molecule has 0 radical (unpaired) electrons. The van der Waals surface area contributed by atoms with Crippen LogP contribution < -0.4 is 5.56 Å². The third kappa shape index (κ3) is 3.94. The van der Waals surface area contributed by atoms with Crippen LogP contribution in [0.1, 0.15) is 25.6 Å². The summed E-state index contributed by atoms with van der Waals surface area (Å²) in [5.41, 5.74) is 0.222. The number of benzene rings is 1. The van der Waals surface area contributed by atoms with Crippen LogP contribution >= 0.6 is 0 Å². The summed E-state index contributed by atoms with van der Waals surface area (Å²) in [5, 5.41) is 10.1. The molecule has 0 bridgehead atoms. The number of nitrogens with one attached hydrogen (secondary N) is 1. The van der Waals surface area contributed by atoms with E-state index in [4.69, 9.17) is 0 Å². The standard InChI is InChI=1S/C19H18FN3O4S/c1-2-3-4-16-22-18(24)17(19(25)23-16)28(26,27)14-8-5-12(6-9-14)13-7-10-15(20)21-11-13/h5-11H,2-4H2,1H3,(H2,22,23,24,25). The maximum Gasteiger partial charge on any atom is 0.296 e. The molecule has 2 aromatic heterocycles. The Morgan fingerprint density at radius 3 is 2.36 bits per heavy atom. The van der Waals surface area contributed by atoms with Crippen molar-refractivity contribution in [1.29, 1.82) is 0 Å². The highest BCUT2D eigenvalue weighted by Gasteiger charge is 2.27. The molecule has 0 fully saturated rings. The number of pyridine rings is 1. The molecule has 9 heteroatoms. The molecule has 2 heterocycles. The fourth-order valence-corrected chi connectivity index (χ4v) is 4.00. The van der Waals surface area contributed by atoms with Gasteiger partial charge < -0.3 is 10.1 Å². The zero-order chi connectivity index (χ0) is 20.3. The molecule has 0 unspecified atom stereocenters. The van der Waals surface area contributed by atoms with Crippen LogP contribution in [0, 0.1) is 5.95 Å². The fraction of sp³-hybridized carbons (Fsp3) is 0.211. The molecule has 2 N–H and O–H groups in total. The van der Waals surface area contributed by atoms with Crippen molar-refractivity contribution in [2.75, 3.05) is 0 Å². The molecule has 1 aromatic carbocycles. The highest BCUT2D eigenvalue weighted by atomic mass is 32.2. The number of aryl methyl sites for hydroxylation is 1. The third-order valence-corrected chi connectivity index (χ3v) is 5.97. The zero-order valence-electron chi connectivity index (χ0n) is 15.0. The van der Waals surface area contributed by atoms with E-state index in [-0.39, 0.29) is 10.7 Å². The minimum absolute atomic E-state index is 0.171. The normalized spacial score (nSPS) is 11.5. The van der Waals surface area contributed by atoms with Crippen LogP contribution in [-0.2, 0) is 16.3 Å². The van der Waals surface area contributed by atoms with Crippen molar-refractivity contribution in [1.82, 2.24) is 15.0 Å². The summed E-state index contributed by atoms with van der Waals surface area (Å²) >= 11 is 0. The number of unbranched alkanes of at least 4 members (excludes halogenated alkanes) is 1. The Bertz CT molecular complexity index is 1140. The van der Waals surface area contributed by atoms with E-state index in [1.54, 1.807) is 0 Å². The second-order valence-electron chi connectivity index (χ2n) is 6.17. The average Bonchev–Trinajstić information content (AvgIpc) is 2.66. The predicted molar refractivity (Wildman–Crippen MR) is 100 cm³/mol. The molecule has 3 aromatic rings. The second-order valence-corrected chi connectivity index (χ2v) is 8.05. The van der Waals surface area contributed by atoms with E-state index in [1.807, 2.05) is 6.92 Å². The van der Waals surface area contributed by atoms with Crippen molar-refractivity contribution in [3.8, 4) is 17.0 Å². The van der Waals surface area contributed by atoms with Crippen LogP contribution in [0.4, 0.5) is 4.39 Å². The molecule has 0 atom stereocenters. The first kappa shape index (κ1) is 19.7. The van der Waals surface area contributed by atoms with E-state index in [0.717, 1.165) is 12.8 Å². The second kappa shape index (κ2) is 7.89. The molecule has 7 nitrogen and oxygen atoms in total. The smallest absolute Gasteiger partial charge is 0.296 e. The first-order valence-corrected chi connectivity index (χ1v) is 10.1. The van der Waals surface area contributed by atoms with Gasteiger partial charge in [-0.25, -0.2) is 13.4 Å². The lowest BCUT2D eigenvalue weighted by atomic mass is 10.1. The molecular weight excluding hydrogens is 385 g/mol. The maximum atomic E-state index is 12.9. The highest BCUT2D eigenvalue weighted by Crippen LogP contribution is 2.26. The van der Waals surface area contributed by atoms with E-state index in [1.165, 1.54) is 42.6 Å². The van der Waals surface area contributed by atoms with Gasteiger partial charge in [-0.3, -0.25) is 4.79 Å². The summed E-state index contributed by atoms with van der Waals surface area (Å²) in [6.07, 6.45) is 3.36. The van der Waals surface area contributed by atoms with Crippen LogP contribution in [0.3, 0.4) is 0 Å². The van der Waals surface area contributed by atoms with Crippen molar-refractivity contribution in [3.05, 3.63) is 64.7 Å². The third-order valence-electron chi connectivity index (χ3n) is 4.17. The van der Waals surface area contributed by atoms with E-state index in [0.29, 0.717) is 17.5 Å². The number of nitrogens with zero attached hydrogens (tertiary/aromatic N) is 2. The summed E-state index contributed by atoms with van der Waals surface area (Å²) in [6.45, 7) is 1.96. The highest BCUT2D eigenvalue weighted by molar-refractivity contribution is 7.91. The van der Waals surface area contributed by atoms with Gasteiger partial charge in [0, 0.05) is 18.2 Å². The van der Waals surface area contributed by atoms with Gasteiger partial charge in [0.1, 0.15) is 5.82 Å². The van der Waals surface area contributed by atoms with E-state index in [2.05, 4.69) is 15.0 Å². The molecule has 0 amide bonds. The van der Waals surface area contributed by atoms with Gasteiger partial charge in [0.2, 0.25) is 21.7 Å². The fourth-order valence-electron chi connectivity index (χ4n) is 2.69. The Kier molecular flexibility index (Phi) is 5.55. The molecule has 146 valence electrons. The Hall–Kier alpha value is -3.07. The first-order valence-electron chi connectivity index (χ1n) is 8.62. The van der Waals surface area contributed by atoms with Crippen LogP contribution in [0.2, 0.25) is 0 Å². The number of rotatable bonds is 6. The van der Waals surface area contributed by atoms with Gasteiger partial charge in [0.05, 0.1) is 4.90 Å². The van der Waals surface area contributed by atoms with Gasteiger partial charge in [-0.15, -0.1) is 0 Å². The van der Waals surface area contributed by atoms with Gasteiger partial charge in [-0.05, 0) is 36.2 Å². The molecule has 0 aliphatic heterocycles. The molecule has 3 rings (SSSR count). The molecular formula is C19H18FN3O4S. The lowest BCUT2D eigenvalue weighted by molar-refractivity contribution is 0.428. The molecule has 0 aliphatic rings. The number of hydrogen-bond donors (Lipinski definition) is 2. The largest absolute Gasteiger partial charge is 0.493 e. The molecule has 0 saturated carbocycles. The van der Waals surface area contributed by atoms with E-state index < -0.39 is 32.1 Å². The average molecular weight is 403 g/mol. The van der Waals surface area contributed by atoms with Gasteiger partial charge in [-0.2, -0.15) is 9.37 Å². The number of halogens is 1. The summed E-state index contributed by atoms with van der Waals surface area (Å²) < 4.78 is 38.6. The predicted octanol–water partition coefficient (Wildman–Crippen LogP) is 2.85. The maximum absolute atomic E-state index is 12.9. The Morgan fingerprint density at radius 1 is 1.11 bits per heavy atom. The minimum atomic E-state index is -4.28. The minimum Gasteiger partial charge on any atom is -0.493 e. The van der Waals surface area contributed by atoms with E-state index >= 15 is 0 Å². The zero-order valence-corrected chi connectivity index (χ0v) is 15.8. The summed E-state index contributed by atoms with van der Waals surface area (Å²) in [6, 6.07) is 8.34. The van der Waals surface area contributed by atoms with Gasteiger partial charge in [-0.1, -0.05) is 25.5 Å². The van der Waals surface area contributed by atoms with E-state index in [9.17, 15) is 22.7 Å². The Morgan fingerprint density at radius 2 is 1.79 bits per heavy atom. The summed E-state index contributed by atoms with van der Waals surface area (Å²) in [7, 11) is -4.28. The SMILES string of the molecule is CCCCc1nc(=O)c(S(=O)(=O)c2ccc(-c3ccc(F)nc3)cc2)c(O)[nH]1. The van der Waals surface area contributed by atoms with Gasteiger partial charge in [0.15, 0.2) is 4.90 Å². The van der Waals surface area contributed by atoms with Crippen molar-refractivity contribution in [3.63, 3.8) is 0 Å². The Balaban J connectivity index is 1.97. The monoisotopic (exact) mass is 403 g/mol.